The average Bonchev–Trinajstić information content (AvgIpc) is 2.86. The van der Waals surface area contributed by atoms with Crippen molar-refractivity contribution >= 4 is 22.5 Å². The second-order valence-electron chi connectivity index (χ2n) is 3.60. The number of aromatic nitrogens is 1. The van der Waals surface area contributed by atoms with Gasteiger partial charge in [-0.25, -0.2) is 4.79 Å². The van der Waals surface area contributed by atoms with Crippen LogP contribution < -0.4 is 5.32 Å². The van der Waals surface area contributed by atoms with E-state index in [9.17, 15) is 4.79 Å². The molecule has 0 aromatic carbocycles. The fraction of sp³-hybridized carbons (Fsp3) is 0.556. The summed E-state index contributed by atoms with van der Waals surface area (Å²) >= 11 is 1.23. The third-order valence-electron chi connectivity index (χ3n) is 2.32. The van der Waals surface area contributed by atoms with Crippen LogP contribution in [0, 0.1) is 12.8 Å². The minimum absolute atomic E-state index is 0.329. The molecule has 0 saturated heterocycles. The van der Waals surface area contributed by atoms with Crippen LogP contribution >= 0.6 is 11.5 Å². The molecule has 5 heteroatoms. The highest BCUT2D eigenvalue weighted by molar-refractivity contribution is 7.10. The molecule has 1 aliphatic rings. The Bertz CT molecular complexity index is 358. The van der Waals surface area contributed by atoms with Crippen molar-refractivity contribution in [1.82, 2.24) is 4.37 Å². The molecule has 1 aromatic heterocycles. The van der Waals surface area contributed by atoms with Crippen LogP contribution in [0.25, 0.3) is 0 Å². The van der Waals surface area contributed by atoms with E-state index < -0.39 is 5.97 Å². The summed E-state index contributed by atoms with van der Waals surface area (Å²) in [4.78, 5) is 10.9. The molecular weight excluding hydrogens is 200 g/mol. The van der Waals surface area contributed by atoms with Gasteiger partial charge in [0.05, 0.1) is 5.69 Å². The summed E-state index contributed by atoms with van der Waals surface area (Å²) in [5.41, 5.74) is 0.927. The Hall–Kier alpha value is -1.10. The summed E-state index contributed by atoms with van der Waals surface area (Å²) in [5, 5.41) is 12.8. The number of nitrogens with zero attached hydrogens (tertiary/aromatic N) is 1. The highest BCUT2D eigenvalue weighted by Gasteiger charge is 2.23. The number of carboxylic acid groups (broad SMARTS) is 1. The van der Waals surface area contributed by atoms with Crippen molar-refractivity contribution in [2.45, 2.75) is 19.8 Å². The molecule has 76 valence electrons. The third-order valence-corrected chi connectivity index (χ3v) is 3.22. The van der Waals surface area contributed by atoms with Crippen molar-refractivity contribution in [3.05, 3.63) is 11.3 Å². The number of hydrogen-bond acceptors (Lipinski definition) is 4. The lowest BCUT2D eigenvalue weighted by molar-refractivity contribution is 0.0697. The fourth-order valence-electron chi connectivity index (χ4n) is 1.30. The number of aryl methyl sites for hydroxylation is 1. The highest BCUT2D eigenvalue weighted by atomic mass is 32.1. The number of rotatable bonds is 4. The monoisotopic (exact) mass is 212 g/mol. The molecule has 1 aliphatic carbocycles. The van der Waals surface area contributed by atoms with Gasteiger partial charge < -0.3 is 10.4 Å². The molecule has 1 saturated carbocycles. The lowest BCUT2D eigenvalue weighted by atomic mass is 10.2. The second-order valence-corrected chi connectivity index (χ2v) is 4.37. The average molecular weight is 212 g/mol. The molecule has 0 spiro atoms. The zero-order chi connectivity index (χ0) is 10.1. The molecule has 2 rings (SSSR count). The number of carbonyl (C=O) groups is 1. The summed E-state index contributed by atoms with van der Waals surface area (Å²) in [6.45, 7) is 2.60. The smallest absolute Gasteiger partial charge is 0.340 e. The predicted molar refractivity (Wildman–Crippen MR) is 55.0 cm³/mol. The molecular formula is C9H12N2O2S. The zero-order valence-electron chi connectivity index (χ0n) is 7.91. The van der Waals surface area contributed by atoms with Crippen LogP contribution in [0.5, 0.6) is 0 Å². The molecule has 1 heterocycles. The summed E-state index contributed by atoms with van der Waals surface area (Å²) in [6, 6.07) is 0. The maximum absolute atomic E-state index is 10.9. The maximum atomic E-state index is 10.9. The first-order valence-electron chi connectivity index (χ1n) is 4.62. The molecule has 0 bridgehead atoms. The van der Waals surface area contributed by atoms with Gasteiger partial charge in [0.2, 0.25) is 0 Å². The quantitative estimate of drug-likeness (QED) is 0.801. The van der Waals surface area contributed by atoms with Gasteiger partial charge in [0.25, 0.3) is 0 Å². The molecule has 4 nitrogen and oxygen atoms in total. The van der Waals surface area contributed by atoms with Gasteiger partial charge in [0, 0.05) is 6.54 Å². The molecule has 14 heavy (non-hydrogen) atoms. The predicted octanol–water partition coefficient (Wildman–Crippen LogP) is 1.97. The van der Waals surface area contributed by atoms with Crippen molar-refractivity contribution in [1.29, 1.82) is 0 Å². The Morgan fingerprint density at radius 2 is 2.43 bits per heavy atom. The van der Waals surface area contributed by atoms with Crippen LogP contribution in [-0.4, -0.2) is 22.0 Å². The Kier molecular flexibility index (Phi) is 2.41. The second kappa shape index (κ2) is 3.57. The minimum atomic E-state index is -0.894. The molecule has 0 unspecified atom stereocenters. The Balaban J connectivity index is 2.10. The molecule has 0 aliphatic heterocycles. The van der Waals surface area contributed by atoms with Crippen molar-refractivity contribution < 1.29 is 9.90 Å². The topological polar surface area (TPSA) is 62.2 Å². The standard InChI is InChI=1S/C9H12N2O2S/c1-5-7(9(12)13)8(14-11-5)10-4-6-2-3-6/h6,10H,2-4H2,1H3,(H,12,13). The summed E-state index contributed by atoms with van der Waals surface area (Å²) in [5.74, 6) is -0.159. The van der Waals surface area contributed by atoms with Crippen LogP contribution in [0.15, 0.2) is 0 Å². The molecule has 0 radical (unpaired) electrons. The fourth-order valence-corrected chi connectivity index (χ4v) is 2.09. The number of carboxylic acids is 1. The van der Waals surface area contributed by atoms with Crippen LogP contribution in [0.2, 0.25) is 0 Å². The van der Waals surface area contributed by atoms with Crippen molar-refractivity contribution in [3.8, 4) is 0 Å². The van der Waals surface area contributed by atoms with Crippen molar-refractivity contribution in [2.24, 2.45) is 5.92 Å². The first kappa shape index (κ1) is 9.45. The lowest BCUT2D eigenvalue weighted by Gasteiger charge is -2.02. The Morgan fingerprint density at radius 3 is 3.00 bits per heavy atom. The van der Waals surface area contributed by atoms with Crippen LogP contribution in [0.1, 0.15) is 28.9 Å². The molecule has 1 fully saturated rings. The van der Waals surface area contributed by atoms with Gasteiger partial charge in [0.15, 0.2) is 0 Å². The van der Waals surface area contributed by atoms with E-state index in [0.717, 1.165) is 12.5 Å². The first-order chi connectivity index (χ1) is 6.68. The van der Waals surface area contributed by atoms with Crippen molar-refractivity contribution in [3.63, 3.8) is 0 Å². The van der Waals surface area contributed by atoms with Crippen LogP contribution in [0.4, 0.5) is 5.00 Å². The number of hydrogen-bond donors (Lipinski definition) is 2. The first-order valence-corrected chi connectivity index (χ1v) is 5.39. The SMILES string of the molecule is Cc1nsc(NCC2CC2)c1C(=O)O. The van der Waals surface area contributed by atoms with E-state index in [1.165, 1.54) is 24.4 Å². The summed E-state index contributed by atoms with van der Waals surface area (Å²) < 4.78 is 4.03. The van der Waals surface area contributed by atoms with E-state index in [-0.39, 0.29) is 0 Å². The van der Waals surface area contributed by atoms with Gasteiger partial charge in [-0.1, -0.05) is 0 Å². The van der Waals surface area contributed by atoms with E-state index in [1.807, 2.05) is 0 Å². The van der Waals surface area contributed by atoms with E-state index in [4.69, 9.17) is 5.11 Å². The minimum Gasteiger partial charge on any atom is -0.478 e. The molecule has 1 aromatic rings. The maximum Gasteiger partial charge on any atom is 0.340 e. The molecule has 0 atom stereocenters. The highest BCUT2D eigenvalue weighted by Crippen LogP contribution is 2.31. The van der Waals surface area contributed by atoms with E-state index >= 15 is 0 Å². The van der Waals surface area contributed by atoms with Crippen LogP contribution in [-0.2, 0) is 0 Å². The van der Waals surface area contributed by atoms with Gasteiger partial charge in [-0.15, -0.1) is 0 Å². The zero-order valence-corrected chi connectivity index (χ0v) is 8.73. The number of anilines is 1. The molecule has 2 N–H and O–H groups in total. The number of aromatic carboxylic acids is 1. The van der Waals surface area contributed by atoms with Crippen LogP contribution in [0.3, 0.4) is 0 Å². The normalized spacial score (nSPS) is 15.5. The van der Waals surface area contributed by atoms with E-state index in [1.54, 1.807) is 6.92 Å². The van der Waals surface area contributed by atoms with Gasteiger partial charge >= 0.3 is 5.97 Å². The largest absolute Gasteiger partial charge is 0.478 e. The van der Waals surface area contributed by atoms with Gasteiger partial charge in [-0.2, -0.15) is 4.37 Å². The Labute approximate surface area is 86.1 Å². The summed E-state index contributed by atoms with van der Waals surface area (Å²) in [6.07, 6.45) is 2.51. The van der Waals surface area contributed by atoms with E-state index in [2.05, 4.69) is 9.69 Å². The van der Waals surface area contributed by atoms with Gasteiger partial charge in [-0.05, 0) is 37.2 Å². The molecule has 0 amide bonds. The van der Waals surface area contributed by atoms with Gasteiger partial charge in [0.1, 0.15) is 10.6 Å². The van der Waals surface area contributed by atoms with Crippen molar-refractivity contribution in [2.75, 3.05) is 11.9 Å². The lowest BCUT2D eigenvalue weighted by Crippen LogP contribution is -2.07. The Morgan fingerprint density at radius 1 is 1.71 bits per heavy atom. The summed E-state index contributed by atoms with van der Waals surface area (Å²) in [7, 11) is 0. The number of nitrogens with one attached hydrogen (secondary N) is 1. The third kappa shape index (κ3) is 1.87. The van der Waals surface area contributed by atoms with E-state index in [0.29, 0.717) is 16.3 Å². The van der Waals surface area contributed by atoms with Gasteiger partial charge in [-0.3, -0.25) is 0 Å².